The second-order valence-electron chi connectivity index (χ2n) is 14.9. The van der Waals surface area contributed by atoms with Crippen molar-refractivity contribution >= 4 is 17.3 Å². The van der Waals surface area contributed by atoms with Crippen LogP contribution in [-0.4, -0.2) is 29.6 Å². The van der Waals surface area contributed by atoms with Crippen molar-refractivity contribution in [2.24, 2.45) is 23.7 Å². The van der Waals surface area contributed by atoms with Gasteiger partial charge in [-0.1, -0.05) is 94.4 Å². The minimum absolute atomic E-state index is 0.0268. The monoisotopic (exact) mass is 608 g/mol. The second-order valence-corrected chi connectivity index (χ2v) is 14.9. The van der Waals surface area contributed by atoms with Crippen LogP contribution in [0.5, 0.6) is 0 Å². The van der Waals surface area contributed by atoms with Crippen LogP contribution in [0.25, 0.3) is 0 Å². The van der Waals surface area contributed by atoms with Crippen LogP contribution >= 0.6 is 0 Å². The van der Waals surface area contributed by atoms with Crippen LogP contribution < -0.4 is 0 Å². The van der Waals surface area contributed by atoms with Crippen molar-refractivity contribution in [1.29, 1.82) is 0 Å². The standard InChI is InChI=1S/C41H52O4/c1-26-14-13-17-33(28(26)3)37(43)24-32(23-30-15-11-10-12-16-30)29(4)39(44)34-25-45-41(8,9)38(34)36(42)21-19-31-18-20-35(27(2)22-31)40(5,6)7/h10-18,20,22,29,32,34,38H,19,21,23-25H2,1-9H3. The highest BCUT2D eigenvalue weighted by molar-refractivity contribution is 5.98. The summed E-state index contributed by atoms with van der Waals surface area (Å²) in [6.07, 6.45) is 1.88. The third-order valence-electron chi connectivity index (χ3n) is 10.1. The van der Waals surface area contributed by atoms with E-state index < -0.39 is 23.4 Å². The molecular weight excluding hydrogens is 556 g/mol. The molecule has 0 radical (unpaired) electrons. The zero-order chi connectivity index (χ0) is 33.1. The zero-order valence-corrected chi connectivity index (χ0v) is 28.8. The molecule has 0 N–H and O–H groups in total. The van der Waals surface area contributed by atoms with Gasteiger partial charge in [-0.15, -0.1) is 0 Å². The first-order valence-corrected chi connectivity index (χ1v) is 16.5. The van der Waals surface area contributed by atoms with Crippen molar-refractivity contribution in [1.82, 2.24) is 0 Å². The molecule has 0 bridgehead atoms. The molecule has 0 saturated carbocycles. The van der Waals surface area contributed by atoms with Gasteiger partial charge < -0.3 is 4.74 Å². The Morgan fingerprint density at radius 3 is 2.22 bits per heavy atom. The van der Waals surface area contributed by atoms with Gasteiger partial charge in [0.25, 0.3) is 0 Å². The molecule has 1 saturated heterocycles. The number of Topliss-reactive ketones (excluding diaryl/α,β-unsaturated/α-hetero) is 3. The number of aryl methyl sites for hydroxylation is 3. The van der Waals surface area contributed by atoms with Gasteiger partial charge in [-0.3, -0.25) is 14.4 Å². The molecule has 1 heterocycles. The summed E-state index contributed by atoms with van der Waals surface area (Å²) < 4.78 is 6.15. The van der Waals surface area contributed by atoms with Crippen molar-refractivity contribution in [2.45, 2.75) is 99.0 Å². The number of benzene rings is 3. The molecule has 1 aliphatic rings. The van der Waals surface area contributed by atoms with Crippen LogP contribution in [0, 0.1) is 44.4 Å². The van der Waals surface area contributed by atoms with Crippen molar-refractivity contribution in [3.8, 4) is 0 Å². The third kappa shape index (κ3) is 8.08. The Hall–Kier alpha value is -3.37. The van der Waals surface area contributed by atoms with E-state index in [-0.39, 0.29) is 41.7 Å². The number of hydrogen-bond donors (Lipinski definition) is 0. The van der Waals surface area contributed by atoms with Crippen molar-refractivity contribution in [3.63, 3.8) is 0 Å². The van der Waals surface area contributed by atoms with Crippen LogP contribution in [0.15, 0.2) is 66.7 Å². The average molecular weight is 609 g/mol. The highest BCUT2D eigenvalue weighted by Crippen LogP contribution is 2.41. The van der Waals surface area contributed by atoms with Gasteiger partial charge in [-0.25, -0.2) is 0 Å². The lowest BCUT2D eigenvalue weighted by atomic mass is 9.71. The van der Waals surface area contributed by atoms with Crippen LogP contribution in [0.4, 0.5) is 0 Å². The first-order chi connectivity index (χ1) is 21.1. The fourth-order valence-electron chi connectivity index (χ4n) is 7.29. The van der Waals surface area contributed by atoms with E-state index in [2.05, 4.69) is 58.0 Å². The van der Waals surface area contributed by atoms with Gasteiger partial charge in [0, 0.05) is 24.3 Å². The van der Waals surface area contributed by atoms with E-state index in [0.717, 1.165) is 27.8 Å². The minimum atomic E-state index is -0.730. The number of carbonyl (C=O) groups is 3. The summed E-state index contributed by atoms with van der Waals surface area (Å²) in [5.41, 5.74) is 6.90. The Balaban J connectivity index is 1.54. The molecule has 0 spiro atoms. The average Bonchev–Trinajstić information content (AvgIpc) is 3.30. The molecule has 4 atom stereocenters. The molecule has 45 heavy (non-hydrogen) atoms. The van der Waals surface area contributed by atoms with E-state index in [1.165, 1.54) is 11.1 Å². The number of hydrogen-bond acceptors (Lipinski definition) is 4. The summed E-state index contributed by atoms with van der Waals surface area (Å²) in [5.74, 6) is -1.50. The van der Waals surface area contributed by atoms with Gasteiger partial charge in [0.15, 0.2) is 5.78 Å². The van der Waals surface area contributed by atoms with Gasteiger partial charge >= 0.3 is 0 Å². The third-order valence-corrected chi connectivity index (χ3v) is 10.1. The lowest BCUT2D eigenvalue weighted by molar-refractivity contribution is -0.135. The Bertz CT molecular complexity index is 1520. The molecule has 4 rings (SSSR count). The van der Waals surface area contributed by atoms with E-state index in [9.17, 15) is 14.4 Å². The topological polar surface area (TPSA) is 60.4 Å². The van der Waals surface area contributed by atoms with E-state index >= 15 is 0 Å². The number of carbonyl (C=O) groups excluding carboxylic acids is 3. The first-order valence-electron chi connectivity index (χ1n) is 16.5. The van der Waals surface area contributed by atoms with Crippen molar-refractivity contribution in [3.05, 3.63) is 106 Å². The van der Waals surface area contributed by atoms with Gasteiger partial charge in [0.1, 0.15) is 11.6 Å². The molecular formula is C41H52O4. The van der Waals surface area contributed by atoms with Crippen LogP contribution in [0.3, 0.4) is 0 Å². The number of ketones is 3. The highest BCUT2D eigenvalue weighted by atomic mass is 16.5. The molecule has 0 amide bonds. The Morgan fingerprint density at radius 2 is 1.58 bits per heavy atom. The molecule has 0 aliphatic carbocycles. The van der Waals surface area contributed by atoms with E-state index in [0.29, 0.717) is 19.3 Å². The molecule has 0 aromatic heterocycles. The van der Waals surface area contributed by atoms with Crippen molar-refractivity contribution in [2.75, 3.05) is 6.61 Å². The lowest BCUT2D eigenvalue weighted by Crippen LogP contribution is -2.41. The molecule has 1 aliphatic heterocycles. The second kappa shape index (κ2) is 14.0. The summed E-state index contributed by atoms with van der Waals surface area (Å²) in [5, 5.41) is 0. The summed E-state index contributed by atoms with van der Waals surface area (Å²) >= 11 is 0. The normalized spacial score (nSPS) is 19.2. The fraction of sp³-hybridized carbons (Fsp3) is 0.488. The smallest absolute Gasteiger partial charge is 0.163 e. The Morgan fingerprint density at radius 1 is 0.889 bits per heavy atom. The van der Waals surface area contributed by atoms with Gasteiger partial charge in [-0.2, -0.15) is 0 Å². The van der Waals surface area contributed by atoms with E-state index in [1.54, 1.807) is 0 Å². The van der Waals surface area contributed by atoms with Crippen molar-refractivity contribution < 1.29 is 19.1 Å². The maximum atomic E-state index is 14.3. The Labute approximate surface area is 271 Å². The SMILES string of the molecule is Cc1cc(CCC(=O)C2C(C(=O)C(C)C(CC(=O)c3cccc(C)c3C)Cc3ccccc3)COC2(C)C)ccc1C(C)(C)C. The maximum Gasteiger partial charge on any atom is 0.163 e. The summed E-state index contributed by atoms with van der Waals surface area (Å²) in [4.78, 5) is 41.9. The zero-order valence-electron chi connectivity index (χ0n) is 28.8. The van der Waals surface area contributed by atoms with Gasteiger partial charge in [0.05, 0.1) is 24.0 Å². The summed E-state index contributed by atoms with van der Waals surface area (Å²) in [7, 11) is 0. The largest absolute Gasteiger partial charge is 0.374 e. The van der Waals surface area contributed by atoms with Gasteiger partial charge in [0.2, 0.25) is 0 Å². The summed E-state index contributed by atoms with van der Waals surface area (Å²) in [6, 6.07) is 22.4. The molecule has 4 unspecified atom stereocenters. The van der Waals surface area contributed by atoms with E-state index in [4.69, 9.17) is 4.74 Å². The van der Waals surface area contributed by atoms with E-state index in [1.807, 2.05) is 71.0 Å². The molecule has 1 fully saturated rings. The molecule has 240 valence electrons. The number of ether oxygens (including phenoxy) is 1. The van der Waals surface area contributed by atoms with Crippen LogP contribution in [-0.2, 0) is 32.6 Å². The molecule has 3 aromatic rings. The Kier molecular flexibility index (Phi) is 10.7. The predicted molar refractivity (Wildman–Crippen MR) is 183 cm³/mol. The fourth-order valence-corrected chi connectivity index (χ4v) is 7.29. The van der Waals surface area contributed by atoms with Crippen LogP contribution in [0.1, 0.15) is 98.1 Å². The number of rotatable bonds is 12. The first kappa shape index (κ1) is 34.5. The highest BCUT2D eigenvalue weighted by Gasteiger charge is 2.51. The minimum Gasteiger partial charge on any atom is -0.374 e. The lowest BCUT2D eigenvalue weighted by Gasteiger charge is -2.30. The maximum absolute atomic E-state index is 14.3. The molecule has 3 aromatic carbocycles. The van der Waals surface area contributed by atoms with Crippen LogP contribution in [0.2, 0.25) is 0 Å². The molecule has 4 heteroatoms. The summed E-state index contributed by atoms with van der Waals surface area (Å²) in [6.45, 7) is 18.8. The van der Waals surface area contributed by atoms with Gasteiger partial charge in [-0.05, 0) is 92.2 Å². The predicted octanol–water partition coefficient (Wildman–Crippen LogP) is 8.79. The molecule has 4 nitrogen and oxygen atoms in total. The quantitative estimate of drug-likeness (QED) is 0.193.